The van der Waals surface area contributed by atoms with Crippen LogP contribution in [0.3, 0.4) is 0 Å². The average molecular weight is 510 g/mol. The summed E-state index contributed by atoms with van der Waals surface area (Å²) in [5.74, 6) is -0.100. The Hall–Kier alpha value is -2.48. The van der Waals surface area contributed by atoms with E-state index in [2.05, 4.69) is 0 Å². The molecule has 9 heteroatoms. The van der Waals surface area contributed by atoms with Crippen molar-refractivity contribution in [1.29, 1.82) is 0 Å². The van der Waals surface area contributed by atoms with Gasteiger partial charge in [0.05, 0.1) is 19.3 Å². The fourth-order valence-corrected chi connectivity index (χ4v) is 5.01. The van der Waals surface area contributed by atoms with E-state index in [1.165, 1.54) is 4.90 Å². The molecule has 2 aliphatic rings. The zero-order chi connectivity index (χ0) is 25.8. The Labute approximate surface area is 212 Å². The molecule has 8 nitrogen and oxygen atoms in total. The van der Waals surface area contributed by atoms with Gasteiger partial charge in [0.15, 0.2) is 0 Å². The van der Waals surface area contributed by atoms with E-state index in [0.717, 1.165) is 12.8 Å². The minimum absolute atomic E-state index is 0.154. The predicted octanol–water partition coefficient (Wildman–Crippen LogP) is 5.25. The van der Waals surface area contributed by atoms with Crippen LogP contribution >= 0.6 is 11.6 Å². The van der Waals surface area contributed by atoms with Gasteiger partial charge < -0.3 is 18.9 Å². The molecule has 0 spiro atoms. The van der Waals surface area contributed by atoms with E-state index >= 15 is 0 Å². The molecular formula is C26H36ClNO7. The Bertz CT molecular complexity index is 929. The van der Waals surface area contributed by atoms with E-state index in [1.54, 1.807) is 52.8 Å². The third kappa shape index (κ3) is 7.03. The number of esters is 2. The molecule has 1 aliphatic carbocycles. The maximum atomic E-state index is 12.9. The summed E-state index contributed by atoms with van der Waals surface area (Å²) in [5.41, 5.74) is -0.325. The summed E-state index contributed by atoms with van der Waals surface area (Å²) in [5, 5.41) is 0.467. The van der Waals surface area contributed by atoms with E-state index in [-0.39, 0.29) is 31.2 Å². The van der Waals surface area contributed by atoms with Crippen molar-refractivity contribution in [1.82, 2.24) is 4.90 Å². The molecule has 4 atom stereocenters. The highest BCUT2D eigenvalue weighted by atomic mass is 35.5. The first-order chi connectivity index (χ1) is 16.5. The van der Waals surface area contributed by atoms with E-state index in [9.17, 15) is 14.4 Å². The predicted molar refractivity (Wildman–Crippen MR) is 131 cm³/mol. The molecule has 0 radical (unpaired) electrons. The highest BCUT2D eigenvalue weighted by molar-refractivity contribution is 6.30. The summed E-state index contributed by atoms with van der Waals surface area (Å²) >= 11 is 6.17. The van der Waals surface area contributed by atoms with E-state index in [1.807, 2.05) is 0 Å². The standard InChI is InChI=1S/C26H36ClNO7/c1-6-32-23(29)20-11-9-18(27)14-22(20)34-19-10-8-16-15-28(25(31)35-26(3,4)5)21(13-17(16)12-19)24(30)33-7-2/h9,11,14,16-17,19,21H,6-8,10,12-13,15H2,1-5H3/t16-,17-,19-,21-/m0/s1. The van der Waals surface area contributed by atoms with Gasteiger partial charge in [-0.1, -0.05) is 11.6 Å². The maximum Gasteiger partial charge on any atom is 0.411 e. The minimum Gasteiger partial charge on any atom is -0.489 e. The van der Waals surface area contributed by atoms with Crippen molar-refractivity contribution < 1.29 is 33.3 Å². The number of hydrogen-bond acceptors (Lipinski definition) is 7. The number of ether oxygens (including phenoxy) is 4. The molecule has 1 amide bonds. The first-order valence-corrected chi connectivity index (χ1v) is 12.7. The molecule has 35 heavy (non-hydrogen) atoms. The Balaban J connectivity index is 1.75. The van der Waals surface area contributed by atoms with Crippen LogP contribution < -0.4 is 4.74 Å². The summed E-state index contributed by atoms with van der Waals surface area (Å²) < 4.78 is 22.3. The number of amides is 1. The third-order valence-corrected chi connectivity index (χ3v) is 6.58. The fraction of sp³-hybridized carbons (Fsp3) is 0.654. The topological polar surface area (TPSA) is 91.4 Å². The Morgan fingerprint density at radius 2 is 1.74 bits per heavy atom. The first-order valence-electron chi connectivity index (χ1n) is 12.3. The highest BCUT2D eigenvalue weighted by Crippen LogP contribution is 2.41. The number of carbonyl (C=O) groups excluding carboxylic acids is 3. The van der Waals surface area contributed by atoms with Gasteiger partial charge in [-0.3, -0.25) is 4.90 Å². The number of piperidine rings is 1. The molecule has 1 aliphatic heterocycles. The van der Waals surface area contributed by atoms with E-state index < -0.39 is 29.7 Å². The van der Waals surface area contributed by atoms with Crippen molar-refractivity contribution in [3.8, 4) is 5.75 Å². The molecule has 0 aromatic heterocycles. The molecule has 1 aromatic carbocycles. The highest BCUT2D eigenvalue weighted by Gasteiger charge is 2.46. The number of carbonyl (C=O) groups is 3. The maximum absolute atomic E-state index is 12.9. The van der Waals surface area contributed by atoms with Gasteiger partial charge >= 0.3 is 18.0 Å². The van der Waals surface area contributed by atoms with Crippen LogP contribution in [-0.2, 0) is 19.0 Å². The number of benzene rings is 1. The van der Waals surface area contributed by atoms with Crippen molar-refractivity contribution in [3.05, 3.63) is 28.8 Å². The lowest BCUT2D eigenvalue weighted by Crippen LogP contribution is -2.56. The molecule has 194 valence electrons. The lowest BCUT2D eigenvalue weighted by Gasteiger charge is -2.46. The van der Waals surface area contributed by atoms with Crippen LogP contribution in [0.2, 0.25) is 5.02 Å². The van der Waals surface area contributed by atoms with Gasteiger partial charge in [0.25, 0.3) is 0 Å². The summed E-state index contributed by atoms with van der Waals surface area (Å²) in [4.78, 5) is 39.6. The molecule has 1 aromatic rings. The monoisotopic (exact) mass is 509 g/mol. The van der Waals surface area contributed by atoms with Crippen LogP contribution in [0.5, 0.6) is 5.75 Å². The van der Waals surface area contributed by atoms with E-state index in [4.69, 9.17) is 30.5 Å². The number of hydrogen-bond donors (Lipinski definition) is 0. The quantitative estimate of drug-likeness (QED) is 0.382. The van der Waals surface area contributed by atoms with Crippen LogP contribution in [0, 0.1) is 11.8 Å². The van der Waals surface area contributed by atoms with Crippen LogP contribution in [0.25, 0.3) is 0 Å². The summed E-state index contributed by atoms with van der Waals surface area (Å²) in [6, 6.07) is 4.17. The van der Waals surface area contributed by atoms with Crippen molar-refractivity contribution in [2.45, 2.75) is 78.0 Å². The van der Waals surface area contributed by atoms with E-state index in [0.29, 0.717) is 35.7 Å². The van der Waals surface area contributed by atoms with Gasteiger partial charge in [-0.15, -0.1) is 0 Å². The lowest BCUT2D eigenvalue weighted by atomic mass is 9.72. The Morgan fingerprint density at radius 3 is 2.40 bits per heavy atom. The molecule has 1 saturated carbocycles. The summed E-state index contributed by atoms with van der Waals surface area (Å²) in [6.45, 7) is 9.85. The normalized spacial score (nSPS) is 24.2. The molecular weight excluding hydrogens is 474 g/mol. The molecule has 0 N–H and O–H groups in total. The number of fused-ring (bicyclic) bond motifs is 1. The zero-order valence-corrected chi connectivity index (χ0v) is 21.9. The zero-order valence-electron chi connectivity index (χ0n) is 21.2. The van der Waals surface area contributed by atoms with Crippen LogP contribution in [0.1, 0.15) is 70.7 Å². The smallest absolute Gasteiger partial charge is 0.411 e. The first kappa shape index (κ1) is 27.1. The van der Waals surface area contributed by atoms with Crippen molar-refractivity contribution in [2.75, 3.05) is 19.8 Å². The number of rotatable bonds is 6. The van der Waals surface area contributed by atoms with Gasteiger partial charge in [0, 0.05) is 11.6 Å². The molecule has 1 heterocycles. The molecule has 3 rings (SSSR count). The fourth-order valence-electron chi connectivity index (χ4n) is 4.85. The average Bonchev–Trinajstić information content (AvgIpc) is 2.77. The molecule has 2 fully saturated rings. The van der Waals surface area contributed by atoms with Gasteiger partial charge in [0.2, 0.25) is 0 Å². The second-order valence-electron chi connectivity index (χ2n) is 10.1. The lowest BCUT2D eigenvalue weighted by molar-refractivity contribution is -0.153. The van der Waals surface area contributed by atoms with Crippen molar-refractivity contribution >= 4 is 29.6 Å². The Morgan fingerprint density at radius 1 is 1.03 bits per heavy atom. The molecule has 0 bridgehead atoms. The van der Waals surface area contributed by atoms with Crippen LogP contribution in [-0.4, -0.2) is 60.4 Å². The molecule has 0 unspecified atom stereocenters. The SMILES string of the molecule is CCOC(=O)c1ccc(Cl)cc1O[C@H]1CC[C@H]2CN(C(=O)OC(C)(C)C)[C@H](C(=O)OCC)C[C@@H]2C1. The molecule has 1 saturated heterocycles. The van der Waals surface area contributed by atoms with Gasteiger partial charge in [-0.25, -0.2) is 14.4 Å². The van der Waals surface area contributed by atoms with Gasteiger partial charge in [-0.2, -0.15) is 0 Å². The Kier molecular flexibility index (Phi) is 8.91. The number of nitrogens with zero attached hydrogens (tertiary/aromatic N) is 1. The second-order valence-corrected chi connectivity index (χ2v) is 10.5. The number of halogens is 1. The summed E-state index contributed by atoms with van der Waals surface area (Å²) in [6.07, 6.45) is 2.09. The third-order valence-electron chi connectivity index (χ3n) is 6.34. The van der Waals surface area contributed by atoms with Crippen LogP contribution in [0.15, 0.2) is 18.2 Å². The second kappa shape index (κ2) is 11.5. The van der Waals surface area contributed by atoms with Gasteiger partial charge in [0.1, 0.15) is 23.0 Å². The van der Waals surface area contributed by atoms with Crippen molar-refractivity contribution in [3.63, 3.8) is 0 Å². The van der Waals surface area contributed by atoms with Gasteiger partial charge in [-0.05, 0) is 90.3 Å². The van der Waals surface area contributed by atoms with Crippen molar-refractivity contribution in [2.24, 2.45) is 11.8 Å². The minimum atomic E-state index is -0.703. The number of likely N-dealkylation sites (tertiary alicyclic amines) is 1. The largest absolute Gasteiger partial charge is 0.489 e. The van der Waals surface area contributed by atoms with Crippen LogP contribution in [0.4, 0.5) is 4.79 Å². The summed E-state index contributed by atoms with van der Waals surface area (Å²) in [7, 11) is 0.